The minimum Gasteiger partial charge on any atom is -0.367 e. The van der Waals surface area contributed by atoms with Crippen LogP contribution in [-0.2, 0) is 6.54 Å². The molecule has 0 unspecified atom stereocenters. The summed E-state index contributed by atoms with van der Waals surface area (Å²) in [5, 5.41) is 7.35. The van der Waals surface area contributed by atoms with Crippen molar-refractivity contribution in [2.45, 2.75) is 38.3 Å². The second-order valence-electron chi connectivity index (χ2n) is 8.60. The van der Waals surface area contributed by atoms with Gasteiger partial charge in [-0.2, -0.15) is 16.2 Å². The van der Waals surface area contributed by atoms with Gasteiger partial charge in [-0.1, -0.05) is 23.7 Å². The van der Waals surface area contributed by atoms with Crippen molar-refractivity contribution in [1.82, 2.24) is 9.97 Å². The van der Waals surface area contributed by atoms with Gasteiger partial charge in [0.25, 0.3) is 0 Å². The van der Waals surface area contributed by atoms with Crippen molar-refractivity contribution < 1.29 is 4.39 Å². The Morgan fingerprint density at radius 2 is 2.09 bits per heavy atom. The van der Waals surface area contributed by atoms with Crippen molar-refractivity contribution in [2.75, 3.05) is 29.2 Å². The molecule has 2 heterocycles. The van der Waals surface area contributed by atoms with Gasteiger partial charge in [0.15, 0.2) is 5.82 Å². The van der Waals surface area contributed by atoms with E-state index >= 15 is 0 Å². The Labute approximate surface area is 216 Å². The third-order valence-electron chi connectivity index (χ3n) is 5.98. The summed E-state index contributed by atoms with van der Waals surface area (Å²) in [4.78, 5) is 13.8. The molecule has 0 radical (unpaired) electrons. The highest BCUT2D eigenvalue weighted by atomic mass is 35.5. The molecular formula is C27H29ClFN5S. The van der Waals surface area contributed by atoms with Crippen molar-refractivity contribution in [3.05, 3.63) is 71.1 Å². The fraction of sp³-hybridized carbons (Fsp3) is 0.370. The smallest absolute Gasteiger partial charge is 0.173 e. The number of nitrogens with one attached hydrogen (secondary N) is 2. The van der Waals surface area contributed by atoms with E-state index in [4.69, 9.17) is 16.6 Å². The molecule has 0 spiro atoms. The van der Waals surface area contributed by atoms with Gasteiger partial charge in [-0.15, -0.1) is 0 Å². The van der Waals surface area contributed by atoms with Crippen LogP contribution in [0.1, 0.15) is 31.2 Å². The number of thioether (sulfide) groups is 1. The summed E-state index contributed by atoms with van der Waals surface area (Å²) >= 11 is 8.32. The molecule has 1 fully saturated rings. The Morgan fingerprint density at radius 1 is 1.23 bits per heavy atom. The first-order valence-corrected chi connectivity index (χ1v) is 13.6. The van der Waals surface area contributed by atoms with Gasteiger partial charge in [0.2, 0.25) is 0 Å². The van der Waals surface area contributed by atoms with Crippen LogP contribution in [0.5, 0.6) is 0 Å². The largest absolute Gasteiger partial charge is 0.367 e. The van der Waals surface area contributed by atoms with Gasteiger partial charge < -0.3 is 10.6 Å². The Balaban J connectivity index is 1.37. The fourth-order valence-corrected chi connectivity index (χ4v) is 4.61. The first kappa shape index (κ1) is 25.3. The van der Waals surface area contributed by atoms with E-state index in [9.17, 15) is 4.39 Å². The Kier molecular flexibility index (Phi) is 9.21. The summed E-state index contributed by atoms with van der Waals surface area (Å²) in [6, 6.07) is 16.2. The molecule has 1 saturated carbocycles. The van der Waals surface area contributed by atoms with Crippen molar-refractivity contribution in [3.8, 4) is 11.3 Å². The van der Waals surface area contributed by atoms with Gasteiger partial charge in [0, 0.05) is 42.9 Å². The van der Waals surface area contributed by atoms with Gasteiger partial charge in [-0.25, -0.2) is 9.97 Å². The summed E-state index contributed by atoms with van der Waals surface area (Å²) in [6.45, 7) is 1.34. The highest BCUT2D eigenvalue weighted by Gasteiger charge is 2.20. The lowest BCUT2D eigenvalue weighted by atomic mass is 9.87. The zero-order valence-electron chi connectivity index (χ0n) is 19.7. The highest BCUT2D eigenvalue weighted by Crippen LogP contribution is 2.31. The summed E-state index contributed by atoms with van der Waals surface area (Å²) in [5.41, 5.74) is 2.33. The average Bonchev–Trinajstić information content (AvgIpc) is 2.88. The van der Waals surface area contributed by atoms with E-state index in [1.165, 1.54) is 6.07 Å². The number of anilines is 2. The van der Waals surface area contributed by atoms with Crippen LogP contribution in [0.25, 0.3) is 11.3 Å². The molecular weight excluding hydrogens is 481 g/mol. The van der Waals surface area contributed by atoms with Crippen molar-refractivity contribution in [3.63, 3.8) is 0 Å². The third kappa shape index (κ3) is 7.58. The fourth-order valence-electron chi connectivity index (χ4n) is 4.12. The van der Waals surface area contributed by atoms with Crippen LogP contribution in [-0.4, -0.2) is 40.8 Å². The monoisotopic (exact) mass is 509 g/mol. The summed E-state index contributed by atoms with van der Waals surface area (Å²) < 4.78 is 13.4. The molecule has 8 heteroatoms. The molecule has 5 nitrogen and oxygen atoms in total. The predicted octanol–water partition coefficient (Wildman–Crippen LogP) is 6.55. The minimum atomic E-state index is -0.428. The van der Waals surface area contributed by atoms with Gasteiger partial charge in [0.1, 0.15) is 11.6 Å². The first-order chi connectivity index (χ1) is 17.1. The van der Waals surface area contributed by atoms with E-state index in [0.717, 1.165) is 60.6 Å². The second kappa shape index (κ2) is 12.8. The molecule has 0 aliphatic heterocycles. The summed E-state index contributed by atoms with van der Waals surface area (Å²) in [7, 11) is 0. The molecule has 1 aliphatic carbocycles. The Hall–Kier alpha value is -2.82. The SMILES string of the molecule is CSCCN=CC1CCC(Nc2cc(-c3cccc(NCc4cc#cc(F)c4)n3)c(Cl)cn2)CC1. The number of aliphatic imine (C=N–C) groups is 1. The lowest BCUT2D eigenvalue weighted by Crippen LogP contribution is -2.27. The van der Waals surface area contributed by atoms with Crippen molar-refractivity contribution >= 4 is 41.2 Å². The average molecular weight is 510 g/mol. The van der Waals surface area contributed by atoms with Crippen molar-refractivity contribution in [2.24, 2.45) is 10.9 Å². The normalized spacial score (nSPS) is 17.8. The maximum absolute atomic E-state index is 13.4. The van der Waals surface area contributed by atoms with E-state index in [1.807, 2.05) is 36.0 Å². The van der Waals surface area contributed by atoms with Crippen LogP contribution in [0.15, 0.2) is 47.6 Å². The zero-order valence-corrected chi connectivity index (χ0v) is 21.3. The predicted molar refractivity (Wildman–Crippen MR) is 145 cm³/mol. The molecule has 0 atom stereocenters. The maximum atomic E-state index is 13.4. The Morgan fingerprint density at radius 3 is 2.89 bits per heavy atom. The molecule has 0 bridgehead atoms. The standard InChI is InChI=1S/C27H29ClFN5S/c1-35-13-12-30-16-19-8-10-22(11-9-19)33-27-15-23(24(28)18-32-27)25-6-3-7-26(34-25)31-17-20-4-2-5-21(29)14-20/h3-4,6-7,14-16,18-19,22H,8-13,17H2,1H3,(H,31,34)(H,32,33). The number of halogens is 2. The zero-order chi connectivity index (χ0) is 24.5. The van der Waals surface area contributed by atoms with Crippen LogP contribution in [0.2, 0.25) is 5.02 Å². The van der Waals surface area contributed by atoms with Crippen molar-refractivity contribution in [1.29, 1.82) is 0 Å². The summed E-state index contributed by atoms with van der Waals surface area (Å²) in [6.07, 6.45) is 10.4. The number of pyridine rings is 2. The van der Waals surface area contributed by atoms with Gasteiger partial charge >= 0.3 is 0 Å². The topological polar surface area (TPSA) is 62.2 Å². The third-order valence-corrected chi connectivity index (χ3v) is 6.87. The van der Waals surface area contributed by atoms with Gasteiger partial charge in [-0.3, -0.25) is 4.99 Å². The molecule has 2 N–H and O–H groups in total. The Bertz CT molecular complexity index is 1130. The molecule has 1 aromatic carbocycles. The second-order valence-corrected chi connectivity index (χ2v) is 9.99. The lowest BCUT2D eigenvalue weighted by Gasteiger charge is -2.27. The molecule has 4 rings (SSSR count). The first-order valence-electron chi connectivity index (χ1n) is 11.8. The van der Waals surface area contributed by atoms with E-state index in [2.05, 4.69) is 45.2 Å². The van der Waals surface area contributed by atoms with E-state index in [1.54, 1.807) is 12.3 Å². The quantitative estimate of drug-likeness (QED) is 0.239. The minimum absolute atomic E-state index is 0.383. The molecule has 0 amide bonds. The van der Waals surface area contributed by atoms with Gasteiger partial charge in [-0.05, 0) is 79.8 Å². The molecule has 2 aromatic heterocycles. The van der Waals surface area contributed by atoms with E-state index in [0.29, 0.717) is 29.3 Å². The molecule has 1 aliphatic rings. The molecule has 0 saturated heterocycles. The van der Waals surface area contributed by atoms with Crippen LogP contribution >= 0.6 is 23.4 Å². The molecule has 182 valence electrons. The van der Waals surface area contributed by atoms with Crippen LogP contribution in [0.4, 0.5) is 16.0 Å². The number of nitrogens with zero attached hydrogens (tertiary/aromatic N) is 3. The number of rotatable bonds is 10. The van der Waals surface area contributed by atoms with Gasteiger partial charge in [0.05, 0.1) is 10.7 Å². The van der Waals surface area contributed by atoms with Crippen LogP contribution < -0.4 is 10.6 Å². The molecule has 35 heavy (non-hydrogen) atoms. The van der Waals surface area contributed by atoms with Crippen LogP contribution in [0, 0.1) is 23.9 Å². The number of aromatic nitrogens is 2. The summed E-state index contributed by atoms with van der Waals surface area (Å²) in [5.74, 6) is 2.70. The highest BCUT2D eigenvalue weighted by molar-refractivity contribution is 7.98. The number of hydrogen-bond donors (Lipinski definition) is 2. The maximum Gasteiger partial charge on any atom is 0.173 e. The number of hydrogen-bond acceptors (Lipinski definition) is 6. The lowest BCUT2D eigenvalue weighted by molar-refractivity contribution is 0.412. The van der Waals surface area contributed by atoms with E-state index in [-0.39, 0.29) is 0 Å². The molecule has 3 aromatic rings. The van der Waals surface area contributed by atoms with Crippen LogP contribution in [0.3, 0.4) is 0 Å². The van der Waals surface area contributed by atoms with E-state index < -0.39 is 5.82 Å².